The lowest BCUT2D eigenvalue weighted by Gasteiger charge is -2.32. The monoisotopic (exact) mass is 329 g/mol. The lowest BCUT2D eigenvalue weighted by atomic mass is 9.90. The standard InChI is InChI=1S/C19H24FN3O/c20-18-4-2-1-3-17(18)6-5-16-7-10-22(11-8-16)13-14-23-12-9-21-15-19(23)24/h1-4,9,12,15-16H,5-8,10-11,13-14H2. The molecule has 1 aromatic carbocycles. The minimum absolute atomic E-state index is 0.0442. The lowest BCUT2D eigenvalue weighted by Crippen LogP contribution is -2.37. The van der Waals surface area contributed by atoms with Gasteiger partial charge in [-0.3, -0.25) is 9.78 Å². The number of benzene rings is 1. The van der Waals surface area contributed by atoms with Gasteiger partial charge < -0.3 is 9.47 Å². The Morgan fingerprint density at radius 1 is 1.17 bits per heavy atom. The minimum atomic E-state index is -0.0854. The molecular weight excluding hydrogens is 305 g/mol. The van der Waals surface area contributed by atoms with Gasteiger partial charge >= 0.3 is 0 Å². The number of halogens is 1. The van der Waals surface area contributed by atoms with E-state index in [1.807, 2.05) is 12.1 Å². The summed E-state index contributed by atoms with van der Waals surface area (Å²) in [5, 5.41) is 0. The molecule has 0 aliphatic carbocycles. The summed E-state index contributed by atoms with van der Waals surface area (Å²) in [6.07, 6.45) is 8.93. The van der Waals surface area contributed by atoms with E-state index in [2.05, 4.69) is 9.88 Å². The van der Waals surface area contributed by atoms with Crippen LogP contribution in [0, 0.1) is 11.7 Å². The smallest absolute Gasteiger partial charge is 0.269 e. The van der Waals surface area contributed by atoms with Crippen LogP contribution in [-0.2, 0) is 13.0 Å². The van der Waals surface area contributed by atoms with Crippen LogP contribution in [0.4, 0.5) is 4.39 Å². The van der Waals surface area contributed by atoms with Crippen molar-refractivity contribution < 1.29 is 4.39 Å². The third-order valence-electron chi connectivity index (χ3n) is 4.94. The van der Waals surface area contributed by atoms with Crippen LogP contribution in [0.1, 0.15) is 24.8 Å². The van der Waals surface area contributed by atoms with Crippen LogP contribution in [0.15, 0.2) is 47.7 Å². The van der Waals surface area contributed by atoms with Crippen LogP contribution < -0.4 is 5.56 Å². The number of aromatic nitrogens is 2. The summed E-state index contributed by atoms with van der Waals surface area (Å²) in [7, 11) is 0. The molecule has 0 spiro atoms. The van der Waals surface area contributed by atoms with Gasteiger partial charge in [0.05, 0.1) is 6.20 Å². The maximum atomic E-state index is 13.7. The number of hydrogen-bond acceptors (Lipinski definition) is 3. The van der Waals surface area contributed by atoms with Gasteiger partial charge in [-0.2, -0.15) is 0 Å². The van der Waals surface area contributed by atoms with E-state index in [4.69, 9.17) is 0 Å². The molecule has 2 heterocycles. The molecule has 0 N–H and O–H groups in total. The van der Waals surface area contributed by atoms with E-state index >= 15 is 0 Å². The highest BCUT2D eigenvalue weighted by Gasteiger charge is 2.19. The molecular formula is C19H24FN3O. The fourth-order valence-electron chi connectivity index (χ4n) is 3.37. The molecule has 2 aromatic rings. The second kappa shape index (κ2) is 8.20. The Morgan fingerprint density at radius 2 is 1.96 bits per heavy atom. The van der Waals surface area contributed by atoms with Gasteiger partial charge in [0.25, 0.3) is 5.56 Å². The second-order valence-corrected chi connectivity index (χ2v) is 6.52. The van der Waals surface area contributed by atoms with E-state index < -0.39 is 0 Å². The van der Waals surface area contributed by atoms with E-state index in [9.17, 15) is 9.18 Å². The molecule has 1 fully saturated rings. The van der Waals surface area contributed by atoms with Crippen molar-refractivity contribution in [3.05, 3.63) is 64.6 Å². The molecule has 0 atom stereocenters. The summed E-state index contributed by atoms with van der Waals surface area (Å²) < 4.78 is 15.4. The van der Waals surface area contributed by atoms with Crippen molar-refractivity contribution in [1.82, 2.24) is 14.5 Å². The quantitative estimate of drug-likeness (QED) is 0.818. The molecule has 1 aromatic heterocycles. The Bertz CT molecular complexity index is 708. The van der Waals surface area contributed by atoms with Crippen LogP contribution in [0.5, 0.6) is 0 Å². The Morgan fingerprint density at radius 3 is 2.71 bits per heavy atom. The topological polar surface area (TPSA) is 38.1 Å². The van der Waals surface area contributed by atoms with Gasteiger partial charge in [0.2, 0.25) is 0 Å². The van der Waals surface area contributed by atoms with Crippen LogP contribution in [-0.4, -0.2) is 34.1 Å². The van der Waals surface area contributed by atoms with Crippen LogP contribution in [0.3, 0.4) is 0 Å². The van der Waals surface area contributed by atoms with Crippen molar-refractivity contribution in [1.29, 1.82) is 0 Å². The zero-order valence-electron chi connectivity index (χ0n) is 13.9. The molecule has 0 unspecified atom stereocenters. The molecule has 3 rings (SSSR count). The molecule has 1 aliphatic rings. The average Bonchev–Trinajstić information content (AvgIpc) is 2.61. The first-order valence-corrected chi connectivity index (χ1v) is 8.68. The summed E-state index contributed by atoms with van der Waals surface area (Å²) >= 11 is 0. The van der Waals surface area contributed by atoms with E-state index in [-0.39, 0.29) is 11.4 Å². The summed E-state index contributed by atoms with van der Waals surface area (Å²) in [6, 6.07) is 7.07. The summed E-state index contributed by atoms with van der Waals surface area (Å²) in [4.78, 5) is 17.9. The van der Waals surface area contributed by atoms with E-state index in [0.29, 0.717) is 12.5 Å². The number of rotatable bonds is 6. The molecule has 128 valence electrons. The van der Waals surface area contributed by atoms with E-state index in [0.717, 1.165) is 50.9 Å². The summed E-state index contributed by atoms with van der Waals surface area (Å²) in [5.74, 6) is 0.585. The maximum Gasteiger partial charge on any atom is 0.269 e. The second-order valence-electron chi connectivity index (χ2n) is 6.52. The third kappa shape index (κ3) is 4.51. The highest BCUT2D eigenvalue weighted by molar-refractivity contribution is 5.17. The normalized spacial score (nSPS) is 16.4. The van der Waals surface area contributed by atoms with Gasteiger partial charge in [0.1, 0.15) is 5.82 Å². The lowest BCUT2D eigenvalue weighted by molar-refractivity contribution is 0.173. The average molecular weight is 329 g/mol. The summed E-state index contributed by atoms with van der Waals surface area (Å²) in [5.41, 5.74) is 0.786. The highest BCUT2D eigenvalue weighted by Crippen LogP contribution is 2.23. The predicted molar refractivity (Wildman–Crippen MR) is 92.4 cm³/mol. The molecule has 1 saturated heterocycles. The van der Waals surface area contributed by atoms with Crippen LogP contribution in [0.25, 0.3) is 0 Å². The first-order valence-electron chi connectivity index (χ1n) is 8.68. The molecule has 0 bridgehead atoms. The Hall–Kier alpha value is -2.01. The van der Waals surface area contributed by atoms with Crippen LogP contribution >= 0.6 is 0 Å². The fourth-order valence-corrected chi connectivity index (χ4v) is 3.37. The van der Waals surface area contributed by atoms with Crippen molar-refractivity contribution in [2.45, 2.75) is 32.2 Å². The first-order chi connectivity index (χ1) is 11.7. The predicted octanol–water partition coefficient (Wildman–Crippen LogP) is 2.73. The SMILES string of the molecule is O=c1cnccn1CCN1CCC(CCc2ccccc2F)CC1. The number of nitrogens with zero attached hydrogens (tertiary/aromatic N) is 3. The number of aryl methyl sites for hydroxylation is 1. The fraction of sp³-hybridized carbons (Fsp3) is 0.474. The molecule has 5 heteroatoms. The Labute approximate surface area is 142 Å². The number of likely N-dealkylation sites (tertiary alicyclic amines) is 1. The van der Waals surface area contributed by atoms with Crippen molar-refractivity contribution in [3.8, 4) is 0 Å². The molecule has 24 heavy (non-hydrogen) atoms. The van der Waals surface area contributed by atoms with Crippen molar-refractivity contribution in [2.24, 2.45) is 5.92 Å². The molecule has 4 nitrogen and oxygen atoms in total. The van der Waals surface area contributed by atoms with E-state index in [1.165, 1.54) is 6.20 Å². The summed E-state index contributed by atoms with van der Waals surface area (Å²) in [6.45, 7) is 3.72. The largest absolute Gasteiger partial charge is 0.311 e. The zero-order chi connectivity index (χ0) is 16.8. The number of piperidine rings is 1. The first kappa shape index (κ1) is 16.8. The molecule has 0 amide bonds. The zero-order valence-corrected chi connectivity index (χ0v) is 13.9. The third-order valence-corrected chi connectivity index (χ3v) is 4.94. The van der Waals surface area contributed by atoms with Gasteiger partial charge in [0.15, 0.2) is 0 Å². The van der Waals surface area contributed by atoms with Gasteiger partial charge in [-0.15, -0.1) is 0 Å². The highest BCUT2D eigenvalue weighted by atomic mass is 19.1. The molecule has 0 radical (unpaired) electrons. The van der Waals surface area contributed by atoms with E-state index in [1.54, 1.807) is 29.1 Å². The van der Waals surface area contributed by atoms with Gasteiger partial charge in [0, 0.05) is 25.5 Å². The molecule has 0 saturated carbocycles. The van der Waals surface area contributed by atoms with Crippen molar-refractivity contribution in [3.63, 3.8) is 0 Å². The van der Waals surface area contributed by atoms with Gasteiger partial charge in [-0.05, 0) is 56.3 Å². The molecule has 1 aliphatic heterocycles. The van der Waals surface area contributed by atoms with Crippen molar-refractivity contribution in [2.75, 3.05) is 19.6 Å². The Balaban J connectivity index is 1.40. The maximum absolute atomic E-state index is 13.7. The number of hydrogen-bond donors (Lipinski definition) is 0. The van der Waals surface area contributed by atoms with Gasteiger partial charge in [-0.1, -0.05) is 18.2 Å². The van der Waals surface area contributed by atoms with Gasteiger partial charge in [-0.25, -0.2) is 4.39 Å². The Kier molecular flexibility index (Phi) is 5.75. The minimum Gasteiger partial charge on any atom is -0.311 e. The van der Waals surface area contributed by atoms with Crippen LogP contribution in [0.2, 0.25) is 0 Å². The van der Waals surface area contributed by atoms with Crippen molar-refractivity contribution >= 4 is 0 Å².